The van der Waals surface area contributed by atoms with E-state index in [4.69, 9.17) is 24.5 Å². The lowest BCUT2D eigenvalue weighted by Gasteiger charge is -2.36. The number of hydrogen-bond acceptors (Lipinski definition) is 20. The summed E-state index contributed by atoms with van der Waals surface area (Å²) in [6.45, 7) is -0.940. The van der Waals surface area contributed by atoms with Crippen LogP contribution in [0.25, 0.3) is 21.9 Å². The van der Waals surface area contributed by atoms with Crippen LogP contribution < -0.4 is 29.8 Å². The predicted molar refractivity (Wildman–Crippen MR) is 172 cm³/mol. The standard InChI is InChI=1S/C28H29N5O16P4/c29-26-23-27(31-15-30-26)33(16-32-23)28-25-24(44-22(45-25)12-17-6-2-1-3-7-17)21(43-28)14-42-50(34,35)47-52(38,39)49-53(40,41)48-51(36,37)46-20-11-10-18-8-4-5-9-19(18)13-20/h1-11,13,15-16,21-22,24-25,28H,12,14H2,(H,34,35)(H,36,37)(H,38,39)(H,40,41)(H2,29,30,31)/p-4/t21-,22?,24?,25+,28-/m1/s1. The number of anilines is 1. The number of nitrogens with zero attached hydrogens (tertiary/aromatic N) is 4. The summed E-state index contributed by atoms with van der Waals surface area (Å²) >= 11 is 0. The third-order valence-electron chi connectivity index (χ3n) is 7.74. The Morgan fingerprint density at radius 3 is 2.15 bits per heavy atom. The fourth-order valence-corrected chi connectivity index (χ4v) is 10.4. The number of rotatable bonds is 14. The van der Waals surface area contributed by atoms with E-state index in [1.807, 2.05) is 30.3 Å². The van der Waals surface area contributed by atoms with E-state index in [0.717, 1.165) is 5.56 Å². The Hall–Kier alpha value is -3.45. The molecule has 5 aromatic rings. The van der Waals surface area contributed by atoms with E-state index in [1.54, 1.807) is 24.3 Å². The summed E-state index contributed by atoms with van der Waals surface area (Å²) in [6.07, 6.45) is -2.24. The maximum Gasteiger partial charge on any atom is 0.326 e. The van der Waals surface area contributed by atoms with Crippen molar-refractivity contribution in [3.05, 3.63) is 91.0 Å². The van der Waals surface area contributed by atoms with Gasteiger partial charge in [0.05, 0.1) is 12.9 Å². The fourth-order valence-electron chi connectivity index (χ4n) is 5.67. The maximum atomic E-state index is 12.6. The molecule has 6 unspecified atom stereocenters. The van der Waals surface area contributed by atoms with E-state index in [-0.39, 0.29) is 29.2 Å². The summed E-state index contributed by atoms with van der Waals surface area (Å²) in [5.74, 6) is -0.313. The minimum absolute atomic E-state index is 0.0750. The predicted octanol–water partition coefficient (Wildman–Crippen LogP) is 1.83. The lowest BCUT2D eigenvalue weighted by molar-refractivity contribution is -0.253. The number of nitrogen functional groups attached to an aromatic ring is 1. The molecule has 3 aromatic carbocycles. The van der Waals surface area contributed by atoms with Crippen LogP contribution in [0.3, 0.4) is 0 Å². The van der Waals surface area contributed by atoms with E-state index in [9.17, 15) is 37.8 Å². The van der Waals surface area contributed by atoms with E-state index < -0.39 is 68.7 Å². The second-order valence-corrected chi connectivity index (χ2v) is 17.4. The molecule has 7 rings (SSSR count). The first kappa shape index (κ1) is 37.8. The maximum absolute atomic E-state index is 12.6. The summed E-state index contributed by atoms with van der Waals surface area (Å²) < 4.78 is 89.9. The third kappa shape index (κ3) is 8.93. The first-order valence-electron chi connectivity index (χ1n) is 15.2. The van der Waals surface area contributed by atoms with Crippen molar-refractivity contribution in [3.8, 4) is 5.75 Å². The highest BCUT2D eigenvalue weighted by atomic mass is 31.3. The van der Waals surface area contributed by atoms with E-state index >= 15 is 0 Å². The van der Waals surface area contributed by atoms with Crippen molar-refractivity contribution in [2.45, 2.75) is 37.3 Å². The number of phosphoric acid groups is 4. The summed E-state index contributed by atoms with van der Waals surface area (Å²) in [5, 5.41) is 1.20. The topological polar surface area (TPSA) is 304 Å². The van der Waals surface area contributed by atoms with Crippen molar-refractivity contribution in [2.24, 2.45) is 0 Å². The van der Waals surface area contributed by atoms with Gasteiger partial charge in [-0.05, 0) is 28.5 Å². The minimum atomic E-state index is -6.45. The van der Waals surface area contributed by atoms with E-state index in [2.05, 4.69) is 32.4 Å². The van der Waals surface area contributed by atoms with Gasteiger partial charge < -0.3 is 48.6 Å². The molecular weight excluding hydrogens is 786 g/mol. The molecule has 0 amide bonds. The Kier molecular flexibility index (Phi) is 10.5. The number of hydrogen-bond donors (Lipinski definition) is 1. The first-order chi connectivity index (χ1) is 25.1. The zero-order valence-electron chi connectivity index (χ0n) is 26.6. The molecule has 4 heterocycles. The van der Waals surface area contributed by atoms with Crippen molar-refractivity contribution in [1.82, 2.24) is 19.5 Å². The highest BCUT2D eigenvalue weighted by Gasteiger charge is 2.54. The second kappa shape index (κ2) is 14.7. The quantitative estimate of drug-likeness (QED) is 0.156. The van der Waals surface area contributed by atoms with Crippen molar-refractivity contribution >= 4 is 59.0 Å². The van der Waals surface area contributed by atoms with Crippen LogP contribution in [0.5, 0.6) is 5.75 Å². The Bertz CT molecular complexity index is 2330. The number of ether oxygens (including phenoxy) is 3. The van der Waals surface area contributed by atoms with Gasteiger partial charge in [-0.2, -0.15) is 0 Å². The van der Waals surface area contributed by atoms with Crippen molar-refractivity contribution in [1.29, 1.82) is 0 Å². The normalized spacial score (nSPS) is 26.0. The molecule has 25 heteroatoms. The molecule has 282 valence electrons. The average Bonchev–Trinajstić information content (AvgIpc) is 3.77. The molecule has 0 spiro atoms. The molecule has 2 saturated heterocycles. The molecular formula is C28H25N5O16P4-4. The van der Waals surface area contributed by atoms with Gasteiger partial charge in [0, 0.05) is 6.42 Å². The Morgan fingerprint density at radius 2 is 1.40 bits per heavy atom. The van der Waals surface area contributed by atoms with Gasteiger partial charge in [0.2, 0.25) is 0 Å². The van der Waals surface area contributed by atoms with Gasteiger partial charge in [-0.3, -0.25) is 22.8 Å². The van der Waals surface area contributed by atoms with Crippen LogP contribution in [0, 0.1) is 0 Å². The minimum Gasteiger partial charge on any atom is -0.756 e. The summed E-state index contributed by atoms with van der Waals surface area (Å²) in [4.78, 5) is 61.8. The van der Waals surface area contributed by atoms with Crippen LogP contribution in [0.2, 0.25) is 0 Å². The van der Waals surface area contributed by atoms with Crippen molar-refractivity contribution in [2.75, 3.05) is 12.3 Å². The Labute approximate surface area is 298 Å². The largest absolute Gasteiger partial charge is 0.756 e. The van der Waals surface area contributed by atoms with Crippen LogP contribution in [0.4, 0.5) is 5.82 Å². The van der Waals surface area contributed by atoms with Crippen LogP contribution in [-0.4, -0.2) is 50.7 Å². The van der Waals surface area contributed by atoms with Crippen LogP contribution in [0.15, 0.2) is 85.5 Å². The third-order valence-corrected chi connectivity index (χ3v) is 13.4. The zero-order chi connectivity index (χ0) is 37.6. The lowest BCUT2D eigenvalue weighted by Crippen LogP contribution is -2.32. The highest BCUT2D eigenvalue weighted by molar-refractivity contribution is 7.68. The number of nitrogens with two attached hydrogens (primary N) is 1. The van der Waals surface area contributed by atoms with Crippen LogP contribution in [-0.2, 0) is 56.3 Å². The van der Waals surface area contributed by atoms with E-state index in [0.29, 0.717) is 10.8 Å². The summed E-state index contributed by atoms with van der Waals surface area (Å²) in [7, 11) is -24.7. The zero-order valence-corrected chi connectivity index (χ0v) is 30.1. The number of fused-ring (bicyclic) bond motifs is 3. The SMILES string of the molecule is Nc1ncnc2c1ncn2[C@@H]1O[C@H](COP(=O)([O-])OP(=O)([O-])OP(=O)([O-])OP(=O)([O-])Oc2ccc3ccccc3c2)C2OC(Cc3ccccc3)O[C@@H]21. The fraction of sp³-hybridized carbons (Fsp3) is 0.250. The van der Waals surface area contributed by atoms with Crippen LogP contribution >= 0.6 is 31.3 Å². The average molecular weight is 811 g/mol. The number of imidazole rings is 1. The molecule has 21 nitrogen and oxygen atoms in total. The molecule has 2 fully saturated rings. The summed E-state index contributed by atoms with van der Waals surface area (Å²) in [5.41, 5.74) is 7.25. The van der Waals surface area contributed by atoms with Gasteiger partial charge in [-0.1, -0.05) is 60.7 Å². The number of benzene rings is 3. The molecule has 2 aliphatic heterocycles. The highest BCUT2D eigenvalue weighted by Crippen LogP contribution is 2.66. The van der Waals surface area contributed by atoms with Crippen molar-refractivity contribution in [3.63, 3.8) is 0 Å². The Morgan fingerprint density at radius 1 is 0.736 bits per heavy atom. The van der Waals surface area contributed by atoms with Gasteiger partial charge >= 0.3 is 7.82 Å². The van der Waals surface area contributed by atoms with Gasteiger partial charge in [0.1, 0.15) is 35.9 Å². The van der Waals surface area contributed by atoms with Crippen molar-refractivity contribution < 1.29 is 74.0 Å². The molecule has 2 aliphatic rings. The molecule has 53 heavy (non-hydrogen) atoms. The van der Waals surface area contributed by atoms with Gasteiger partial charge in [0.15, 0.2) is 24.0 Å². The molecule has 0 radical (unpaired) electrons. The molecule has 0 aliphatic carbocycles. The molecule has 0 saturated carbocycles. The number of aromatic nitrogens is 4. The van der Waals surface area contributed by atoms with Gasteiger partial charge in [0.25, 0.3) is 23.5 Å². The summed E-state index contributed by atoms with van der Waals surface area (Å²) in [6, 6.07) is 19.7. The monoisotopic (exact) mass is 811 g/mol. The lowest BCUT2D eigenvalue weighted by atomic mass is 10.1. The Balaban J connectivity index is 1.01. The smallest absolute Gasteiger partial charge is 0.326 e. The molecule has 9 atom stereocenters. The number of phosphoric ester groups is 2. The molecule has 2 aromatic heterocycles. The first-order valence-corrected chi connectivity index (χ1v) is 21.0. The second-order valence-electron chi connectivity index (χ2n) is 11.4. The molecule has 0 bridgehead atoms. The van der Waals surface area contributed by atoms with E-state index in [1.165, 1.54) is 35.4 Å². The molecule has 2 N–H and O–H groups in total. The van der Waals surface area contributed by atoms with Gasteiger partial charge in [-0.15, -0.1) is 0 Å². The van der Waals surface area contributed by atoms with Gasteiger partial charge in [-0.25, -0.2) is 27.9 Å². The van der Waals surface area contributed by atoms with Crippen LogP contribution in [0.1, 0.15) is 11.8 Å².